The molecule has 1 N–H and O–H groups in total. The minimum Gasteiger partial charge on any atom is -0.385 e. The SMILES string of the molecule is COCCCn1c(=S)[nH]c2cc(Cl)ccc2c1=O. The molecule has 18 heavy (non-hydrogen) atoms. The molecule has 0 saturated carbocycles. The van der Waals surface area contributed by atoms with Gasteiger partial charge in [0.2, 0.25) is 0 Å². The first-order valence-corrected chi connectivity index (χ1v) is 6.33. The van der Waals surface area contributed by atoms with Gasteiger partial charge in [0.15, 0.2) is 4.77 Å². The molecule has 2 aromatic rings. The Hall–Kier alpha value is -1.17. The molecule has 2 rings (SSSR count). The van der Waals surface area contributed by atoms with Crippen LogP contribution in [0.1, 0.15) is 6.42 Å². The Kier molecular flexibility index (Phi) is 4.16. The van der Waals surface area contributed by atoms with Gasteiger partial charge in [0.05, 0.1) is 10.9 Å². The fraction of sp³-hybridized carbons (Fsp3) is 0.333. The molecular weight excluding hydrogens is 272 g/mol. The van der Waals surface area contributed by atoms with Crippen LogP contribution in [0.5, 0.6) is 0 Å². The van der Waals surface area contributed by atoms with Crippen molar-refractivity contribution in [2.75, 3.05) is 13.7 Å². The Labute approximate surface area is 114 Å². The molecule has 0 spiro atoms. The van der Waals surface area contributed by atoms with E-state index in [-0.39, 0.29) is 5.56 Å². The number of hydrogen-bond donors (Lipinski definition) is 1. The van der Waals surface area contributed by atoms with Gasteiger partial charge < -0.3 is 9.72 Å². The lowest BCUT2D eigenvalue weighted by Gasteiger charge is -2.07. The van der Waals surface area contributed by atoms with E-state index in [0.29, 0.717) is 33.8 Å². The summed E-state index contributed by atoms with van der Waals surface area (Å²) in [5.74, 6) is 0. The monoisotopic (exact) mass is 284 g/mol. The second-order valence-corrected chi connectivity index (χ2v) is 4.75. The number of aromatic amines is 1. The average molecular weight is 285 g/mol. The van der Waals surface area contributed by atoms with Gasteiger partial charge in [0.25, 0.3) is 5.56 Å². The predicted molar refractivity (Wildman–Crippen MR) is 74.9 cm³/mol. The number of ether oxygens (including phenoxy) is 1. The molecular formula is C12H13ClN2O2S. The highest BCUT2D eigenvalue weighted by Crippen LogP contribution is 2.14. The van der Waals surface area contributed by atoms with Crippen LogP contribution < -0.4 is 5.56 Å². The Morgan fingerprint density at radius 2 is 2.28 bits per heavy atom. The van der Waals surface area contributed by atoms with Crippen LogP contribution in [0.15, 0.2) is 23.0 Å². The number of hydrogen-bond acceptors (Lipinski definition) is 3. The summed E-state index contributed by atoms with van der Waals surface area (Å²) in [7, 11) is 1.63. The van der Waals surface area contributed by atoms with Crippen molar-refractivity contribution in [1.82, 2.24) is 9.55 Å². The fourth-order valence-corrected chi connectivity index (χ4v) is 2.25. The van der Waals surface area contributed by atoms with E-state index in [2.05, 4.69) is 4.98 Å². The molecule has 1 aromatic carbocycles. The van der Waals surface area contributed by atoms with Crippen LogP contribution in [0.25, 0.3) is 10.9 Å². The molecule has 0 aliphatic rings. The predicted octanol–water partition coefficient (Wildman–Crippen LogP) is 2.75. The molecule has 1 aromatic heterocycles. The maximum absolute atomic E-state index is 12.2. The molecule has 6 heteroatoms. The van der Waals surface area contributed by atoms with Gasteiger partial charge in [0.1, 0.15) is 0 Å². The smallest absolute Gasteiger partial charge is 0.262 e. The first kappa shape index (κ1) is 13.3. The van der Waals surface area contributed by atoms with E-state index < -0.39 is 0 Å². The Bertz CT molecular complexity index is 678. The van der Waals surface area contributed by atoms with E-state index in [1.807, 2.05) is 0 Å². The second-order valence-electron chi connectivity index (χ2n) is 3.92. The highest BCUT2D eigenvalue weighted by atomic mass is 35.5. The number of methoxy groups -OCH3 is 1. The summed E-state index contributed by atoms with van der Waals surface area (Å²) in [6, 6.07) is 5.10. The van der Waals surface area contributed by atoms with Crippen LogP contribution in [-0.4, -0.2) is 23.3 Å². The van der Waals surface area contributed by atoms with Gasteiger partial charge in [-0.1, -0.05) is 11.6 Å². The molecule has 0 aliphatic carbocycles. The number of fused-ring (bicyclic) bond motifs is 1. The molecule has 0 aliphatic heterocycles. The molecule has 0 radical (unpaired) electrons. The standard InChI is InChI=1S/C12H13ClN2O2S/c1-17-6-2-5-15-11(16)9-4-3-8(13)7-10(9)14-12(15)18/h3-4,7H,2,5-6H2,1H3,(H,14,18). The summed E-state index contributed by atoms with van der Waals surface area (Å²) in [5.41, 5.74) is 0.571. The van der Waals surface area contributed by atoms with Crippen molar-refractivity contribution >= 4 is 34.7 Å². The molecule has 0 amide bonds. The first-order valence-electron chi connectivity index (χ1n) is 5.55. The average Bonchev–Trinajstić information content (AvgIpc) is 2.33. The third-order valence-electron chi connectivity index (χ3n) is 2.67. The van der Waals surface area contributed by atoms with E-state index in [4.69, 9.17) is 28.6 Å². The van der Waals surface area contributed by atoms with E-state index >= 15 is 0 Å². The Morgan fingerprint density at radius 1 is 1.50 bits per heavy atom. The lowest BCUT2D eigenvalue weighted by Crippen LogP contribution is -2.22. The summed E-state index contributed by atoms with van der Waals surface area (Å²) >= 11 is 11.1. The third kappa shape index (κ3) is 2.63. The number of H-pyrrole nitrogens is 1. The van der Waals surface area contributed by atoms with Crippen LogP contribution in [0.2, 0.25) is 5.02 Å². The molecule has 4 nitrogen and oxygen atoms in total. The van der Waals surface area contributed by atoms with Crippen LogP contribution >= 0.6 is 23.8 Å². The van der Waals surface area contributed by atoms with Gasteiger partial charge in [-0.2, -0.15) is 0 Å². The largest absolute Gasteiger partial charge is 0.385 e. The molecule has 1 heterocycles. The summed E-state index contributed by atoms with van der Waals surface area (Å²) in [6.07, 6.45) is 0.743. The lowest BCUT2D eigenvalue weighted by atomic mass is 10.2. The summed E-state index contributed by atoms with van der Waals surface area (Å²) in [5, 5.41) is 1.16. The Balaban J connectivity index is 2.52. The molecule has 0 unspecified atom stereocenters. The zero-order valence-electron chi connectivity index (χ0n) is 9.90. The number of nitrogens with zero attached hydrogens (tertiary/aromatic N) is 1. The third-order valence-corrected chi connectivity index (χ3v) is 3.23. The zero-order chi connectivity index (χ0) is 13.1. The van der Waals surface area contributed by atoms with E-state index in [1.165, 1.54) is 0 Å². The molecule has 0 fully saturated rings. The summed E-state index contributed by atoms with van der Waals surface area (Å²) in [6.45, 7) is 1.14. The molecule has 0 bridgehead atoms. The number of nitrogens with one attached hydrogen (secondary N) is 1. The second kappa shape index (κ2) is 5.65. The van der Waals surface area contributed by atoms with Crippen molar-refractivity contribution in [2.45, 2.75) is 13.0 Å². The minimum atomic E-state index is -0.0958. The number of benzene rings is 1. The number of halogens is 1. The van der Waals surface area contributed by atoms with Crippen LogP contribution in [0.3, 0.4) is 0 Å². The highest BCUT2D eigenvalue weighted by molar-refractivity contribution is 7.71. The first-order chi connectivity index (χ1) is 8.63. The molecule has 0 atom stereocenters. The number of rotatable bonds is 4. The number of aromatic nitrogens is 2. The Morgan fingerprint density at radius 3 is 3.00 bits per heavy atom. The summed E-state index contributed by atoms with van der Waals surface area (Å²) < 4.78 is 6.92. The van der Waals surface area contributed by atoms with E-state index in [9.17, 15) is 4.79 Å². The van der Waals surface area contributed by atoms with Crippen molar-refractivity contribution in [3.63, 3.8) is 0 Å². The topological polar surface area (TPSA) is 47.0 Å². The minimum absolute atomic E-state index is 0.0958. The van der Waals surface area contributed by atoms with Crippen LogP contribution in [0.4, 0.5) is 0 Å². The van der Waals surface area contributed by atoms with Crippen molar-refractivity contribution in [3.05, 3.63) is 38.3 Å². The zero-order valence-corrected chi connectivity index (χ0v) is 11.5. The maximum Gasteiger partial charge on any atom is 0.262 e. The fourth-order valence-electron chi connectivity index (χ4n) is 1.80. The van der Waals surface area contributed by atoms with Crippen molar-refractivity contribution in [3.8, 4) is 0 Å². The van der Waals surface area contributed by atoms with Gasteiger partial charge in [-0.15, -0.1) is 0 Å². The molecule has 0 saturated heterocycles. The van der Waals surface area contributed by atoms with E-state index in [1.54, 1.807) is 29.9 Å². The van der Waals surface area contributed by atoms with E-state index in [0.717, 1.165) is 6.42 Å². The molecule has 96 valence electrons. The normalized spacial score (nSPS) is 11.0. The van der Waals surface area contributed by atoms with Gasteiger partial charge in [0, 0.05) is 25.3 Å². The lowest BCUT2D eigenvalue weighted by molar-refractivity contribution is 0.189. The van der Waals surface area contributed by atoms with Crippen molar-refractivity contribution < 1.29 is 4.74 Å². The van der Waals surface area contributed by atoms with Crippen LogP contribution in [0, 0.1) is 4.77 Å². The van der Waals surface area contributed by atoms with Crippen molar-refractivity contribution in [1.29, 1.82) is 0 Å². The maximum atomic E-state index is 12.2. The quantitative estimate of drug-likeness (QED) is 0.694. The van der Waals surface area contributed by atoms with Crippen molar-refractivity contribution in [2.24, 2.45) is 0 Å². The van der Waals surface area contributed by atoms with Crippen LogP contribution in [-0.2, 0) is 11.3 Å². The highest BCUT2D eigenvalue weighted by Gasteiger charge is 2.05. The van der Waals surface area contributed by atoms with Gasteiger partial charge in [-0.05, 0) is 36.8 Å². The summed E-state index contributed by atoms with van der Waals surface area (Å²) in [4.78, 5) is 15.3. The van der Waals surface area contributed by atoms with Gasteiger partial charge in [-0.3, -0.25) is 9.36 Å². The van der Waals surface area contributed by atoms with Gasteiger partial charge >= 0.3 is 0 Å². The van der Waals surface area contributed by atoms with Gasteiger partial charge in [-0.25, -0.2) is 0 Å².